The van der Waals surface area contributed by atoms with Crippen molar-refractivity contribution >= 4 is 5.96 Å². The molecule has 4 nitrogen and oxygen atoms in total. The third kappa shape index (κ3) is 5.91. The summed E-state index contributed by atoms with van der Waals surface area (Å²) in [5, 5.41) is 13.2. The van der Waals surface area contributed by atoms with Gasteiger partial charge in [0.05, 0.1) is 12.1 Å². The molecule has 1 atom stereocenters. The molecular weight excluding hydrogens is 214 g/mol. The molecule has 1 aliphatic rings. The highest BCUT2D eigenvalue weighted by atomic mass is 16.3. The first kappa shape index (κ1) is 14.3. The molecule has 0 saturated heterocycles. The standard InChI is InChI=1S/C13H27N3O/c1-3-9-13(2,17)10-15-12(14)16-11-7-5-4-6-8-11/h11,17H,3-10H2,1-2H3,(H3,14,15,16). The zero-order valence-electron chi connectivity index (χ0n) is 11.2. The SMILES string of the molecule is CCCC(C)(O)CN=C(N)NC1CCCCC1. The summed E-state index contributed by atoms with van der Waals surface area (Å²) >= 11 is 0. The summed E-state index contributed by atoms with van der Waals surface area (Å²) < 4.78 is 0. The van der Waals surface area contributed by atoms with E-state index in [0.717, 1.165) is 12.8 Å². The Hall–Kier alpha value is -0.770. The van der Waals surface area contributed by atoms with Crippen LogP contribution in [0.2, 0.25) is 0 Å². The van der Waals surface area contributed by atoms with Gasteiger partial charge in [-0.2, -0.15) is 0 Å². The molecule has 0 amide bonds. The van der Waals surface area contributed by atoms with Crippen LogP contribution in [0.1, 0.15) is 58.8 Å². The average molecular weight is 241 g/mol. The van der Waals surface area contributed by atoms with E-state index < -0.39 is 5.60 Å². The van der Waals surface area contributed by atoms with E-state index in [1.165, 1.54) is 32.1 Å². The number of nitrogens with zero attached hydrogens (tertiary/aromatic N) is 1. The van der Waals surface area contributed by atoms with E-state index >= 15 is 0 Å². The Balaban J connectivity index is 2.32. The van der Waals surface area contributed by atoms with Crippen molar-refractivity contribution in [1.29, 1.82) is 0 Å². The van der Waals surface area contributed by atoms with Crippen LogP contribution in [0.25, 0.3) is 0 Å². The Labute approximate surface area is 105 Å². The molecular formula is C13H27N3O. The third-order valence-electron chi connectivity index (χ3n) is 3.34. The molecule has 1 fully saturated rings. The fraction of sp³-hybridized carbons (Fsp3) is 0.923. The minimum absolute atomic E-state index is 0.381. The second-order valence-corrected chi connectivity index (χ2v) is 5.43. The minimum Gasteiger partial charge on any atom is -0.388 e. The molecule has 0 spiro atoms. The summed E-state index contributed by atoms with van der Waals surface area (Å²) in [6.07, 6.45) is 7.96. The summed E-state index contributed by atoms with van der Waals surface area (Å²) in [5.74, 6) is 0.480. The quantitative estimate of drug-likeness (QED) is 0.507. The van der Waals surface area contributed by atoms with Gasteiger partial charge in [0.25, 0.3) is 0 Å². The minimum atomic E-state index is -0.729. The molecule has 4 N–H and O–H groups in total. The fourth-order valence-electron chi connectivity index (χ4n) is 2.37. The predicted octanol–water partition coefficient (Wildman–Crippen LogP) is 1.77. The van der Waals surface area contributed by atoms with E-state index in [4.69, 9.17) is 5.73 Å². The van der Waals surface area contributed by atoms with Gasteiger partial charge in [0.15, 0.2) is 5.96 Å². The van der Waals surface area contributed by atoms with Crippen LogP contribution in [-0.4, -0.2) is 29.3 Å². The van der Waals surface area contributed by atoms with Crippen molar-refractivity contribution in [2.75, 3.05) is 6.54 Å². The van der Waals surface area contributed by atoms with Crippen LogP contribution in [0.15, 0.2) is 4.99 Å². The van der Waals surface area contributed by atoms with E-state index in [2.05, 4.69) is 17.2 Å². The van der Waals surface area contributed by atoms with Crippen molar-refractivity contribution in [3.05, 3.63) is 0 Å². The summed E-state index contributed by atoms with van der Waals surface area (Å²) in [7, 11) is 0. The number of hydrogen-bond donors (Lipinski definition) is 3. The zero-order valence-corrected chi connectivity index (χ0v) is 11.2. The molecule has 0 bridgehead atoms. The summed E-state index contributed by atoms with van der Waals surface area (Å²) in [5.41, 5.74) is 5.11. The number of aliphatic hydroxyl groups is 1. The van der Waals surface area contributed by atoms with Gasteiger partial charge >= 0.3 is 0 Å². The topological polar surface area (TPSA) is 70.6 Å². The van der Waals surface area contributed by atoms with Crippen LogP contribution in [-0.2, 0) is 0 Å². The van der Waals surface area contributed by atoms with Gasteiger partial charge in [-0.3, -0.25) is 4.99 Å². The highest BCUT2D eigenvalue weighted by molar-refractivity contribution is 5.78. The first-order chi connectivity index (χ1) is 8.03. The van der Waals surface area contributed by atoms with Gasteiger partial charge < -0.3 is 16.2 Å². The van der Waals surface area contributed by atoms with Crippen molar-refractivity contribution in [2.24, 2.45) is 10.7 Å². The van der Waals surface area contributed by atoms with Gasteiger partial charge in [-0.1, -0.05) is 32.6 Å². The maximum Gasteiger partial charge on any atom is 0.188 e. The molecule has 0 aromatic rings. The molecule has 100 valence electrons. The summed E-state index contributed by atoms with van der Waals surface area (Å²) in [4.78, 5) is 4.24. The molecule has 17 heavy (non-hydrogen) atoms. The first-order valence-electron chi connectivity index (χ1n) is 6.82. The second-order valence-electron chi connectivity index (χ2n) is 5.43. The third-order valence-corrected chi connectivity index (χ3v) is 3.34. The lowest BCUT2D eigenvalue weighted by Gasteiger charge is -2.24. The van der Waals surface area contributed by atoms with Crippen LogP contribution in [0.5, 0.6) is 0 Å². The van der Waals surface area contributed by atoms with Crippen LogP contribution in [0.3, 0.4) is 0 Å². The van der Waals surface area contributed by atoms with Crippen molar-refractivity contribution in [1.82, 2.24) is 5.32 Å². The highest BCUT2D eigenvalue weighted by Crippen LogP contribution is 2.17. The summed E-state index contributed by atoms with van der Waals surface area (Å²) in [6.45, 7) is 4.25. The molecule has 0 heterocycles. The zero-order chi connectivity index (χ0) is 12.7. The lowest BCUT2D eigenvalue weighted by atomic mass is 9.96. The molecule has 1 rings (SSSR count). The Kier molecular flexibility index (Phi) is 5.75. The molecule has 1 unspecified atom stereocenters. The number of guanidine groups is 1. The fourth-order valence-corrected chi connectivity index (χ4v) is 2.37. The van der Waals surface area contributed by atoms with Crippen LogP contribution >= 0.6 is 0 Å². The van der Waals surface area contributed by atoms with Gasteiger partial charge in [0, 0.05) is 6.04 Å². The highest BCUT2D eigenvalue weighted by Gasteiger charge is 2.19. The Morgan fingerprint density at radius 3 is 2.65 bits per heavy atom. The predicted molar refractivity (Wildman–Crippen MR) is 72.0 cm³/mol. The van der Waals surface area contributed by atoms with Crippen molar-refractivity contribution in [2.45, 2.75) is 70.4 Å². The number of nitrogens with two attached hydrogens (primary N) is 1. The van der Waals surface area contributed by atoms with Crippen molar-refractivity contribution in [3.8, 4) is 0 Å². The second kappa shape index (κ2) is 6.84. The molecule has 1 saturated carbocycles. The lowest BCUT2D eigenvalue weighted by molar-refractivity contribution is 0.0597. The number of rotatable bonds is 5. The number of hydrogen-bond acceptors (Lipinski definition) is 2. The van der Waals surface area contributed by atoms with Gasteiger partial charge in [-0.05, 0) is 26.2 Å². The lowest BCUT2D eigenvalue weighted by Crippen LogP contribution is -2.42. The maximum absolute atomic E-state index is 9.98. The van der Waals surface area contributed by atoms with E-state index in [9.17, 15) is 5.11 Å². The van der Waals surface area contributed by atoms with Gasteiger partial charge in [-0.25, -0.2) is 0 Å². The van der Waals surface area contributed by atoms with E-state index in [0.29, 0.717) is 18.5 Å². The molecule has 1 aliphatic carbocycles. The Morgan fingerprint density at radius 1 is 1.41 bits per heavy atom. The Bertz CT molecular complexity index is 245. The van der Waals surface area contributed by atoms with E-state index in [1.54, 1.807) is 0 Å². The van der Waals surface area contributed by atoms with E-state index in [-0.39, 0.29) is 0 Å². The molecule has 0 radical (unpaired) electrons. The average Bonchev–Trinajstić information content (AvgIpc) is 2.28. The molecule has 0 aliphatic heterocycles. The van der Waals surface area contributed by atoms with Crippen LogP contribution in [0.4, 0.5) is 0 Å². The molecule has 0 aromatic heterocycles. The smallest absolute Gasteiger partial charge is 0.188 e. The van der Waals surface area contributed by atoms with E-state index in [1.807, 2.05) is 6.92 Å². The normalized spacial score (nSPS) is 22.2. The maximum atomic E-state index is 9.98. The molecule has 4 heteroatoms. The number of nitrogens with one attached hydrogen (secondary N) is 1. The van der Waals surface area contributed by atoms with Crippen LogP contribution < -0.4 is 11.1 Å². The summed E-state index contributed by atoms with van der Waals surface area (Å²) in [6, 6.07) is 0.476. The Morgan fingerprint density at radius 2 is 2.06 bits per heavy atom. The molecule has 0 aromatic carbocycles. The van der Waals surface area contributed by atoms with Crippen LogP contribution in [0, 0.1) is 0 Å². The number of aliphatic imine (C=N–C) groups is 1. The monoisotopic (exact) mass is 241 g/mol. The van der Waals surface area contributed by atoms with Gasteiger partial charge in [-0.15, -0.1) is 0 Å². The first-order valence-corrected chi connectivity index (χ1v) is 6.82. The largest absolute Gasteiger partial charge is 0.388 e. The van der Waals surface area contributed by atoms with Gasteiger partial charge in [0.1, 0.15) is 0 Å². The van der Waals surface area contributed by atoms with Crippen molar-refractivity contribution in [3.63, 3.8) is 0 Å². The van der Waals surface area contributed by atoms with Crippen molar-refractivity contribution < 1.29 is 5.11 Å². The van der Waals surface area contributed by atoms with Gasteiger partial charge in [0.2, 0.25) is 0 Å².